The van der Waals surface area contributed by atoms with Gasteiger partial charge in [-0.3, -0.25) is 4.79 Å². The molecule has 1 aromatic heterocycles. The minimum atomic E-state index is -4.11. The molecule has 1 amide bonds. The number of fused-ring (bicyclic) bond motifs is 1. The number of aromatic nitrogens is 2. The Labute approximate surface area is 291 Å². The molecule has 4 aromatic rings. The zero-order valence-corrected chi connectivity index (χ0v) is 30.3. The highest BCUT2D eigenvalue weighted by molar-refractivity contribution is 7.89. The highest BCUT2D eigenvalue weighted by Gasteiger charge is 2.42. The highest BCUT2D eigenvalue weighted by Crippen LogP contribution is 2.43. The molecule has 0 saturated carbocycles. The van der Waals surface area contributed by atoms with Crippen LogP contribution < -0.4 is 4.74 Å². The molecule has 11 nitrogen and oxygen atoms in total. The fraction of sp³-hybridized carbons (Fsp3) is 0.429. The van der Waals surface area contributed by atoms with Gasteiger partial charge in [-0.25, -0.2) is 30.6 Å². The molecule has 1 unspecified atom stereocenters. The van der Waals surface area contributed by atoms with Crippen LogP contribution in [0.3, 0.4) is 0 Å². The van der Waals surface area contributed by atoms with Crippen molar-refractivity contribution < 1.29 is 35.1 Å². The van der Waals surface area contributed by atoms with E-state index in [1.165, 1.54) is 22.8 Å². The molecule has 0 aliphatic carbocycles. The number of H-pyrrole nitrogens is 1. The Morgan fingerprint density at radius 1 is 0.960 bits per heavy atom. The lowest BCUT2D eigenvalue weighted by Gasteiger charge is -2.46. The number of imidazole rings is 1. The van der Waals surface area contributed by atoms with E-state index in [1.54, 1.807) is 56.0 Å². The number of rotatable bonds is 8. The summed E-state index contributed by atoms with van der Waals surface area (Å²) in [4.78, 5) is 23.3. The number of hydrogen-bond donors (Lipinski definition) is 1. The molecule has 268 valence electrons. The summed E-state index contributed by atoms with van der Waals surface area (Å²) in [5.41, 5.74) is 2.45. The first-order valence-electron chi connectivity index (χ1n) is 16.4. The van der Waals surface area contributed by atoms with Crippen LogP contribution in [0, 0.1) is 30.9 Å². The van der Waals surface area contributed by atoms with Gasteiger partial charge in [0.1, 0.15) is 33.6 Å². The molecule has 50 heavy (non-hydrogen) atoms. The minimum absolute atomic E-state index is 0.151. The summed E-state index contributed by atoms with van der Waals surface area (Å²) in [5, 5.41) is 0. The van der Waals surface area contributed by atoms with Gasteiger partial charge >= 0.3 is 0 Å². The number of para-hydroxylation sites is 1. The number of benzene rings is 3. The van der Waals surface area contributed by atoms with Gasteiger partial charge in [0, 0.05) is 39.3 Å². The van der Waals surface area contributed by atoms with E-state index in [2.05, 4.69) is 4.98 Å². The number of ether oxygens (including phenoxy) is 1. The summed E-state index contributed by atoms with van der Waals surface area (Å²) >= 11 is 0. The summed E-state index contributed by atoms with van der Waals surface area (Å²) in [6.45, 7) is 6.57. The van der Waals surface area contributed by atoms with Gasteiger partial charge in [-0.05, 0) is 99.4 Å². The van der Waals surface area contributed by atoms with Gasteiger partial charge in [-0.1, -0.05) is 6.07 Å². The molecule has 0 radical (unpaired) electrons. The van der Waals surface area contributed by atoms with E-state index in [0.29, 0.717) is 84.1 Å². The zero-order valence-electron chi connectivity index (χ0n) is 28.7. The van der Waals surface area contributed by atoms with E-state index in [1.807, 2.05) is 0 Å². The molecule has 2 saturated heterocycles. The van der Waals surface area contributed by atoms with Crippen molar-refractivity contribution in [3.63, 3.8) is 0 Å². The van der Waals surface area contributed by atoms with Gasteiger partial charge in [0.25, 0.3) is 5.91 Å². The topological polar surface area (TPSA) is 133 Å². The monoisotopic (exact) mass is 729 g/mol. The number of piperidine rings is 2. The number of aromatic amines is 1. The van der Waals surface area contributed by atoms with E-state index in [4.69, 9.17) is 9.72 Å². The van der Waals surface area contributed by atoms with Crippen LogP contribution in [0.2, 0.25) is 0 Å². The largest absolute Gasteiger partial charge is 0.497 e. The SMILES string of the molecule is COc1cc(C)c(S(=O)(=O)N(C)C(C)c2nc3c(C(=O)N4CCC5(CC4)CCN(S(=O)(=O)c4ccc(F)cc4F)CC5)cccc3[nH]2)c(C)c1. The van der Waals surface area contributed by atoms with Gasteiger partial charge in [-0.2, -0.15) is 8.61 Å². The quantitative estimate of drug-likeness (QED) is 0.251. The third kappa shape index (κ3) is 6.40. The van der Waals surface area contributed by atoms with Crippen LogP contribution in [-0.4, -0.2) is 86.6 Å². The lowest BCUT2D eigenvalue weighted by atomic mass is 9.71. The first-order chi connectivity index (χ1) is 23.6. The molecule has 3 heterocycles. The summed E-state index contributed by atoms with van der Waals surface area (Å²) < 4.78 is 89.3. The molecule has 1 atom stereocenters. The van der Waals surface area contributed by atoms with Crippen molar-refractivity contribution in [1.29, 1.82) is 0 Å². The maximum atomic E-state index is 14.3. The molecule has 2 aliphatic heterocycles. The van der Waals surface area contributed by atoms with Crippen LogP contribution >= 0.6 is 0 Å². The number of nitrogens with one attached hydrogen (secondary N) is 1. The normalized spacial score (nSPS) is 17.8. The smallest absolute Gasteiger partial charge is 0.256 e. The summed E-state index contributed by atoms with van der Waals surface area (Å²) in [7, 11) is -4.99. The van der Waals surface area contributed by atoms with Crippen molar-refractivity contribution >= 4 is 37.0 Å². The Morgan fingerprint density at radius 3 is 2.18 bits per heavy atom. The number of amides is 1. The number of sulfonamides is 2. The number of halogens is 2. The maximum Gasteiger partial charge on any atom is 0.256 e. The lowest BCUT2D eigenvalue weighted by molar-refractivity contribution is 0.0425. The van der Waals surface area contributed by atoms with Crippen molar-refractivity contribution in [2.24, 2.45) is 5.41 Å². The standard InChI is InChI=1S/C35H41F2N5O6S2/c1-22-19-26(48-5)20-23(2)32(22)50(46,47)40(4)24(3)33-38-29-8-6-7-27(31(29)39-33)34(43)41-15-11-35(12-16-41)13-17-42(18-14-35)49(44,45)30-10-9-25(36)21-28(30)37/h6-10,19-21,24H,11-18H2,1-5H3,(H,38,39). The molecule has 0 bridgehead atoms. The van der Waals surface area contributed by atoms with Gasteiger partial charge in [-0.15, -0.1) is 0 Å². The third-order valence-electron chi connectivity index (χ3n) is 10.4. The van der Waals surface area contributed by atoms with Gasteiger partial charge < -0.3 is 14.6 Å². The van der Waals surface area contributed by atoms with Crippen LogP contribution in [0.5, 0.6) is 5.75 Å². The Balaban J connectivity index is 1.14. The van der Waals surface area contributed by atoms with Crippen molar-refractivity contribution in [1.82, 2.24) is 23.5 Å². The number of carbonyl (C=O) groups is 1. The van der Waals surface area contributed by atoms with E-state index >= 15 is 0 Å². The van der Waals surface area contributed by atoms with Crippen LogP contribution in [0.25, 0.3) is 11.0 Å². The predicted molar refractivity (Wildman–Crippen MR) is 184 cm³/mol. The predicted octanol–water partition coefficient (Wildman–Crippen LogP) is 5.56. The molecular weight excluding hydrogens is 689 g/mol. The van der Waals surface area contributed by atoms with Crippen LogP contribution in [0.1, 0.15) is 66.0 Å². The lowest BCUT2D eigenvalue weighted by Crippen LogP contribution is -2.49. The van der Waals surface area contributed by atoms with E-state index in [-0.39, 0.29) is 29.3 Å². The first-order valence-corrected chi connectivity index (χ1v) is 19.3. The summed E-state index contributed by atoms with van der Waals surface area (Å²) in [6, 6.07) is 10.4. The molecule has 15 heteroatoms. The van der Waals surface area contributed by atoms with Crippen LogP contribution in [0.4, 0.5) is 8.78 Å². The molecule has 6 rings (SSSR count). The van der Waals surface area contributed by atoms with Crippen LogP contribution in [-0.2, 0) is 20.0 Å². The van der Waals surface area contributed by atoms with E-state index < -0.39 is 42.6 Å². The Kier molecular flexibility index (Phi) is 9.56. The number of nitrogens with zero attached hydrogens (tertiary/aromatic N) is 4. The number of likely N-dealkylation sites (tertiary alicyclic amines) is 1. The Morgan fingerprint density at radius 2 is 1.58 bits per heavy atom. The molecule has 2 aliphatic rings. The molecule has 3 aromatic carbocycles. The zero-order chi connectivity index (χ0) is 36.2. The van der Waals surface area contributed by atoms with Gasteiger partial charge in [0.15, 0.2) is 0 Å². The van der Waals surface area contributed by atoms with Crippen molar-refractivity contribution in [2.75, 3.05) is 40.3 Å². The van der Waals surface area contributed by atoms with Crippen molar-refractivity contribution in [3.05, 3.63) is 82.7 Å². The Hall–Kier alpha value is -3.92. The second-order valence-electron chi connectivity index (χ2n) is 13.4. The minimum Gasteiger partial charge on any atom is -0.497 e. The molecular formula is C35H41F2N5O6S2. The number of aryl methyl sites for hydroxylation is 2. The van der Waals surface area contributed by atoms with E-state index in [9.17, 15) is 30.4 Å². The molecule has 2 fully saturated rings. The van der Waals surface area contributed by atoms with Gasteiger partial charge in [0.05, 0.1) is 29.1 Å². The maximum absolute atomic E-state index is 14.3. The fourth-order valence-corrected chi connectivity index (χ4v) is 10.5. The number of hydrogen-bond acceptors (Lipinski definition) is 7. The fourth-order valence-electron chi connectivity index (χ4n) is 7.26. The average molecular weight is 730 g/mol. The summed E-state index contributed by atoms with van der Waals surface area (Å²) in [5.74, 6) is -1.16. The average Bonchev–Trinajstić information content (AvgIpc) is 3.52. The molecule has 1 spiro atoms. The van der Waals surface area contributed by atoms with Crippen molar-refractivity contribution in [3.8, 4) is 5.75 Å². The third-order valence-corrected chi connectivity index (χ3v) is 14.6. The first kappa shape index (κ1) is 35.9. The number of carbonyl (C=O) groups excluding carboxylic acids is 1. The van der Waals surface area contributed by atoms with Gasteiger partial charge in [0.2, 0.25) is 20.0 Å². The second kappa shape index (κ2) is 13.3. The van der Waals surface area contributed by atoms with Crippen molar-refractivity contribution in [2.45, 2.75) is 62.3 Å². The Bertz CT molecular complexity index is 2150. The highest BCUT2D eigenvalue weighted by atomic mass is 32.2. The molecule has 1 N–H and O–H groups in total. The van der Waals surface area contributed by atoms with E-state index in [0.717, 1.165) is 12.1 Å². The number of methoxy groups -OCH3 is 1. The summed E-state index contributed by atoms with van der Waals surface area (Å²) in [6.07, 6.45) is 2.50. The van der Waals surface area contributed by atoms with Crippen LogP contribution in [0.15, 0.2) is 58.3 Å². The second-order valence-corrected chi connectivity index (χ2v) is 17.2.